The van der Waals surface area contributed by atoms with Crippen molar-refractivity contribution in [2.24, 2.45) is 5.41 Å². The van der Waals surface area contributed by atoms with E-state index in [-0.39, 0.29) is 36.1 Å². The summed E-state index contributed by atoms with van der Waals surface area (Å²) < 4.78 is 77.6. The number of anilines is 1. The van der Waals surface area contributed by atoms with Crippen LogP contribution in [0, 0.1) is 5.41 Å². The molecule has 7 nitrogen and oxygen atoms in total. The topological polar surface area (TPSA) is 76.2 Å². The summed E-state index contributed by atoms with van der Waals surface area (Å²) in [7, 11) is -4.63. The van der Waals surface area contributed by atoms with Crippen molar-refractivity contribution in [3.8, 4) is 5.75 Å². The summed E-state index contributed by atoms with van der Waals surface area (Å²) in [6.45, 7) is 12.1. The summed E-state index contributed by atoms with van der Waals surface area (Å²) in [6.07, 6.45) is -2.86. The molecule has 222 valence electrons. The van der Waals surface area contributed by atoms with E-state index < -0.39 is 26.8 Å². The second kappa shape index (κ2) is 12.8. The number of halogens is 3. The molecule has 1 atom stereocenters. The van der Waals surface area contributed by atoms with Crippen molar-refractivity contribution in [2.75, 3.05) is 31.1 Å². The zero-order valence-corrected chi connectivity index (χ0v) is 24.6. The lowest BCUT2D eigenvalue weighted by atomic mass is 9.91. The Morgan fingerprint density at radius 1 is 1.07 bits per heavy atom. The van der Waals surface area contributed by atoms with E-state index in [0.29, 0.717) is 43.6 Å². The number of nitrogens with zero attached hydrogens (tertiary/aromatic N) is 2. The van der Waals surface area contributed by atoms with E-state index in [1.54, 1.807) is 17.0 Å². The molecule has 0 bridgehead atoms. The van der Waals surface area contributed by atoms with Gasteiger partial charge in [-0.25, -0.2) is 0 Å². The van der Waals surface area contributed by atoms with Gasteiger partial charge in [-0.2, -0.15) is 21.6 Å². The zero-order chi connectivity index (χ0) is 29.7. The largest absolute Gasteiger partial charge is 0.416 e. The summed E-state index contributed by atoms with van der Waals surface area (Å²) in [5, 5.41) is 0. The predicted octanol–water partition coefficient (Wildman–Crippen LogP) is 6.26. The number of carbonyl (C=O) groups is 1. The third-order valence-electron chi connectivity index (χ3n) is 6.67. The maximum Gasteiger partial charge on any atom is 0.416 e. The Morgan fingerprint density at radius 2 is 1.77 bits per heavy atom. The fourth-order valence-electron chi connectivity index (χ4n) is 4.59. The average Bonchev–Trinajstić information content (AvgIpc) is 3.37. The molecule has 0 saturated carbocycles. The molecular formula is C29H39F3N2O5S. The van der Waals surface area contributed by atoms with Gasteiger partial charge in [0.05, 0.1) is 11.7 Å². The number of ether oxygens (including phenoxy) is 1. The molecule has 0 aromatic heterocycles. The van der Waals surface area contributed by atoms with Crippen LogP contribution in [0.3, 0.4) is 0 Å². The lowest BCUT2D eigenvalue weighted by Gasteiger charge is -2.30. The number of benzene rings is 2. The summed E-state index contributed by atoms with van der Waals surface area (Å²) in [4.78, 5) is 16.4. The molecule has 1 amide bonds. The predicted molar refractivity (Wildman–Crippen MR) is 148 cm³/mol. The highest BCUT2D eigenvalue weighted by molar-refractivity contribution is 7.87. The average molecular weight is 585 g/mol. The molecule has 0 spiro atoms. The monoisotopic (exact) mass is 584 g/mol. The number of carbonyl (C=O) groups excluding carboxylic acids is 1. The lowest BCUT2D eigenvalue weighted by Crippen LogP contribution is -2.38. The fraction of sp³-hybridized carbons (Fsp3) is 0.552. The molecule has 3 rings (SSSR count). The quantitative estimate of drug-likeness (QED) is 0.290. The first-order valence-corrected chi connectivity index (χ1v) is 14.9. The molecule has 11 heteroatoms. The van der Waals surface area contributed by atoms with Gasteiger partial charge in [-0.15, -0.1) is 0 Å². The van der Waals surface area contributed by atoms with Crippen LogP contribution in [0.4, 0.5) is 18.9 Å². The van der Waals surface area contributed by atoms with E-state index in [9.17, 15) is 26.4 Å². The van der Waals surface area contributed by atoms with E-state index >= 15 is 0 Å². The molecule has 40 heavy (non-hydrogen) atoms. The van der Waals surface area contributed by atoms with Crippen LogP contribution in [0.2, 0.25) is 0 Å². The van der Waals surface area contributed by atoms with Crippen LogP contribution >= 0.6 is 0 Å². The minimum atomic E-state index is -4.71. The Kier molecular flexibility index (Phi) is 10.2. The van der Waals surface area contributed by atoms with Gasteiger partial charge in [-0.3, -0.25) is 4.79 Å². The normalized spacial score (nSPS) is 16.1. The molecule has 1 heterocycles. The summed E-state index contributed by atoms with van der Waals surface area (Å²) in [5.41, 5.74) is -0.254. The van der Waals surface area contributed by atoms with Gasteiger partial charge in [0.2, 0.25) is 5.91 Å². The van der Waals surface area contributed by atoms with Crippen molar-refractivity contribution < 1.29 is 35.3 Å². The summed E-state index contributed by atoms with van der Waals surface area (Å²) in [5.74, 6) is -0.148. The second-order valence-corrected chi connectivity index (χ2v) is 12.7. The van der Waals surface area contributed by atoms with Crippen LogP contribution in [0.5, 0.6) is 5.75 Å². The Labute approximate surface area is 235 Å². The van der Waals surface area contributed by atoms with E-state index in [2.05, 4.69) is 0 Å². The van der Waals surface area contributed by atoms with Crippen molar-refractivity contribution in [1.82, 2.24) is 4.90 Å². The molecule has 0 radical (unpaired) electrons. The first-order chi connectivity index (χ1) is 18.6. The van der Waals surface area contributed by atoms with Crippen molar-refractivity contribution in [3.63, 3.8) is 0 Å². The molecule has 0 N–H and O–H groups in total. The van der Waals surface area contributed by atoms with Crippen molar-refractivity contribution in [1.29, 1.82) is 0 Å². The Morgan fingerprint density at radius 3 is 2.35 bits per heavy atom. The van der Waals surface area contributed by atoms with E-state index in [1.807, 2.05) is 45.6 Å². The zero-order valence-electron chi connectivity index (χ0n) is 23.8. The molecule has 0 aliphatic carbocycles. The van der Waals surface area contributed by atoms with Gasteiger partial charge in [-0.1, -0.05) is 32.9 Å². The first-order valence-electron chi connectivity index (χ1n) is 13.5. The van der Waals surface area contributed by atoms with Crippen molar-refractivity contribution in [2.45, 2.75) is 77.6 Å². The third kappa shape index (κ3) is 8.60. The highest BCUT2D eigenvalue weighted by Crippen LogP contribution is 2.34. The van der Waals surface area contributed by atoms with Crippen LogP contribution in [-0.2, 0) is 32.4 Å². The van der Waals surface area contributed by atoms with E-state index in [0.717, 1.165) is 31.0 Å². The maximum atomic E-state index is 13.4. The Hall–Kier alpha value is -2.79. The van der Waals surface area contributed by atoms with Gasteiger partial charge < -0.3 is 18.7 Å². The standard InChI is InChI=1S/C29H39F3N2O5S/c1-6-33(7-2)23-14-13-21(19-34(20-24-11-9-15-38-24)27(35)18-28(3,4)5)26(17-23)39-40(36,37)25-12-8-10-22(16-25)29(30,31)32/h8,10,12-14,16-17,24H,6-7,9,11,15,18-20H2,1-5H3/t24-/m1/s1. The number of amides is 1. The van der Waals surface area contributed by atoms with E-state index in [4.69, 9.17) is 8.92 Å². The molecule has 1 fully saturated rings. The highest BCUT2D eigenvalue weighted by atomic mass is 32.2. The van der Waals surface area contributed by atoms with Crippen LogP contribution in [-0.4, -0.2) is 51.6 Å². The smallest absolute Gasteiger partial charge is 0.379 e. The minimum absolute atomic E-state index is 0.0392. The second-order valence-electron chi connectivity index (χ2n) is 11.2. The van der Waals surface area contributed by atoms with Crippen LogP contribution in [0.1, 0.15) is 65.0 Å². The maximum absolute atomic E-state index is 13.4. The van der Waals surface area contributed by atoms with Gasteiger partial charge in [0.15, 0.2) is 0 Å². The summed E-state index contributed by atoms with van der Waals surface area (Å²) >= 11 is 0. The van der Waals surface area contributed by atoms with Gasteiger partial charge >= 0.3 is 16.3 Å². The number of rotatable bonds is 11. The van der Waals surface area contributed by atoms with Gasteiger partial charge in [-0.05, 0) is 56.4 Å². The Balaban J connectivity index is 2.02. The molecule has 2 aromatic carbocycles. The molecule has 1 aliphatic heterocycles. The Bertz CT molecular complexity index is 1270. The SMILES string of the molecule is CCN(CC)c1ccc(CN(C[C@H]2CCCO2)C(=O)CC(C)(C)C)c(OS(=O)(=O)c2cccc(C(F)(F)F)c2)c1. The number of hydrogen-bond acceptors (Lipinski definition) is 6. The van der Waals surface area contributed by atoms with E-state index in [1.165, 1.54) is 0 Å². The van der Waals surface area contributed by atoms with Crippen molar-refractivity contribution in [3.05, 3.63) is 53.6 Å². The molecule has 2 aromatic rings. The molecule has 1 saturated heterocycles. The fourth-order valence-corrected chi connectivity index (χ4v) is 5.60. The van der Waals surface area contributed by atoms with Crippen LogP contribution < -0.4 is 9.08 Å². The summed E-state index contributed by atoms with van der Waals surface area (Å²) in [6, 6.07) is 8.54. The molecular weight excluding hydrogens is 545 g/mol. The van der Waals surface area contributed by atoms with Crippen molar-refractivity contribution >= 4 is 21.7 Å². The lowest BCUT2D eigenvalue weighted by molar-refractivity contribution is -0.138. The number of hydrogen-bond donors (Lipinski definition) is 0. The third-order valence-corrected chi connectivity index (χ3v) is 7.90. The first kappa shape index (κ1) is 31.7. The molecule has 0 unspecified atom stereocenters. The minimum Gasteiger partial charge on any atom is -0.379 e. The van der Waals surface area contributed by atoms with Crippen LogP contribution in [0.25, 0.3) is 0 Å². The number of alkyl halides is 3. The van der Waals surface area contributed by atoms with Crippen LogP contribution in [0.15, 0.2) is 47.4 Å². The highest BCUT2D eigenvalue weighted by Gasteiger charge is 2.33. The van der Waals surface area contributed by atoms with Gasteiger partial charge in [0.1, 0.15) is 10.6 Å². The van der Waals surface area contributed by atoms with Gasteiger partial charge in [0, 0.05) is 56.5 Å². The van der Waals surface area contributed by atoms with Gasteiger partial charge in [0.25, 0.3) is 0 Å². The molecule has 1 aliphatic rings.